The highest BCUT2D eigenvalue weighted by atomic mass is 16.3. The Morgan fingerprint density at radius 1 is 1.28 bits per heavy atom. The second kappa shape index (κ2) is 4.37. The minimum atomic E-state index is 0.269. The molecule has 0 bridgehead atoms. The van der Waals surface area contributed by atoms with Gasteiger partial charge in [0.25, 0.3) is 0 Å². The van der Waals surface area contributed by atoms with Crippen LogP contribution in [0.5, 0.6) is 5.75 Å². The molecule has 0 atom stereocenters. The summed E-state index contributed by atoms with van der Waals surface area (Å²) in [5.41, 5.74) is 9.59. The summed E-state index contributed by atoms with van der Waals surface area (Å²) >= 11 is 0. The number of nitrogens with zero attached hydrogens (tertiary/aromatic N) is 2. The number of nitrogen functional groups attached to an aromatic ring is 1. The lowest BCUT2D eigenvalue weighted by atomic mass is 9.95. The summed E-state index contributed by atoms with van der Waals surface area (Å²) in [7, 11) is 1.82. The van der Waals surface area contributed by atoms with Crippen LogP contribution in [-0.2, 0) is 7.05 Å². The molecule has 0 saturated heterocycles. The summed E-state index contributed by atoms with van der Waals surface area (Å²) < 4.78 is 1.65. The summed E-state index contributed by atoms with van der Waals surface area (Å²) in [6.07, 6.45) is 0. The van der Waals surface area contributed by atoms with Gasteiger partial charge in [0.05, 0.1) is 5.69 Å². The van der Waals surface area contributed by atoms with E-state index in [0.29, 0.717) is 11.6 Å². The number of anilines is 1. The van der Waals surface area contributed by atoms with E-state index in [1.54, 1.807) is 10.7 Å². The number of aromatic hydroxyl groups is 1. The lowest BCUT2D eigenvalue weighted by Crippen LogP contribution is -1.97. The number of hydrogen-bond donors (Lipinski definition) is 2. The molecule has 0 fully saturated rings. The number of phenols is 1. The maximum absolute atomic E-state index is 9.94. The fourth-order valence-corrected chi connectivity index (χ4v) is 2.06. The third-order valence-electron chi connectivity index (χ3n) is 3.19. The molecular formula is C14H19N3O. The zero-order valence-corrected chi connectivity index (χ0v) is 11.2. The van der Waals surface area contributed by atoms with E-state index < -0.39 is 0 Å². The Bertz CT molecular complexity index is 565. The number of phenolic OH excluding ortho intramolecular Hbond substituents is 1. The van der Waals surface area contributed by atoms with E-state index in [9.17, 15) is 5.11 Å². The third-order valence-corrected chi connectivity index (χ3v) is 3.19. The molecule has 0 saturated carbocycles. The smallest absolute Gasteiger partial charge is 0.121 e. The van der Waals surface area contributed by atoms with Crippen molar-refractivity contribution in [1.29, 1.82) is 0 Å². The molecular weight excluding hydrogens is 226 g/mol. The van der Waals surface area contributed by atoms with Crippen molar-refractivity contribution in [2.45, 2.75) is 26.7 Å². The van der Waals surface area contributed by atoms with Crippen LogP contribution >= 0.6 is 0 Å². The van der Waals surface area contributed by atoms with Crippen LogP contribution in [0.3, 0.4) is 0 Å². The van der Waals surface area contributed by atoms with Gasteiger partial charge in [-0.15, -0.1) is 0 Å². The van der Waals surface area contributed by atoms with Crippen LogP contribution in [0.2, 0.25) is 0 Å². The van der Waals surface area contributed by atoms with Crippen molar-refractivity contribution in [3.8, 4) is 17.0 Å². The van der Waals surface area contributed by atoms with Gasteiger partial charge in [0.2, 0.25) is 0 Å². The average Bonchev–Trinajstić information content (AvgIpc) is 2.58. The second-order valence-corrected chi connectivity index (χ2v) is 4.96. The number of hydrogen-bond acceptors (Lipinski definition) is 3. The van der Waals surface area contributed by atoms with Crippen LogP contribution in [0, 0.1) is 6.92 Å². The lowest BCUT2D eigenvalue weighted by molar-refractivity contribution is 0.464. The standard InChI is InChI=1S/C14H19N3O/c1-8(2)10-6-11(9(3)5-13(10)18)12-7-14(15)17(4)16-12/h5-8,18H,15H2,1-4H3. The fourth-order valence-electron chi connectivity index (χ4n) is 2.06. The molecule has 2 aromatic rings. The first-order valence-electron chi connectivity index (χ1n) is 6.03. The van der Waals surface area contributed by atoms with E-state index in [2.05, 4.69) is 18.9 Å². The Balaban J connectivity index is 2.60. The van der Waals surface area contributed by atoms with Crippen LogP contribution in [0.25, 0.3) is 11.3 Å². The first kappa shape index (κ1) is 12.5. The number of aromatic nitrogens is 2. The molecule has 0 unspecified atom stereocenters. The normalized spacial score (nSPS) is 11.2. The van der Waals surface area contributed by atoms with Gasteiger partial charge in [-0.1, -0.05) is 13.8 Å². The molecule has 18 heavy (non-hydrogen) atoms. The second-order valence-electron chi connectivity index (χ2n) is 4.96. The Kier molecular flexibility index (Phi) is 3.03. The molecule has 0 aliphatic carbocycles. The van der Waals surface area contributed by atoms with Crippen molar-refractivity contribution >= 4 is 5.82 Å². The van der Waals surface area contributed by atoms with E-state index in [-0.39, 0.29) is 5.92 Å². The molecule has 1 heterocycles. The molecule has 0 spiro atoms. The van der Waals surface area contributed by atoms with Crippen LogP contribution in [0.1, 0.15) is 30.9 Å². The molecule has 1 aromatic carbocycles. The molecule has 0 aliphatic heterocycles. The van der Waals surface area contributed by atoms with Gasteiger partial charge in [0.1, 0.15) is 11.6 Å². The van der Waals surface area contributed by atoms with Crippen molar-refractivity contribution in [3.63, 3.8) is 0 Å². The summed E-state index contributed by atoms with van der Waals surface area (Å²) in [4.78, 5) is 0. The van der Waals surface area contributed by atoms with Crippen molar-refractivity contribution in [2.75, 3.05) is 5.73 Å². The van der Waals surface area contributed by atoms with Gasteiger partial charge >= 0.3 is 0 Å². The van der Waals surface area contributed by atoms with Crippen molar-refractivity contribution < 1.29 is 5.11 Å². The van der Waals surface area contributed by atoms with Gasteiger partial charge in [-0.05, 0) is 36.1 Å². The maximum atomic E-state index is 9.94. The van der Waals surface area contributed by atoms with Crippen molar-refractivity contribution in [1.82, 2.24) is 9.78 Å². The molecule has 3 N–H and O–H groups in total. The Morgan fingerprint density at radius 2 is 1.94 bits per heavy atom. The summed E-state index contributed by atoms with van der Waals surface area (Å²) in [6.45, 7) is 6.08. The molecule has 96 valence electrons. The highest BCUT2D eigenvalue weighted by Crippen LogP contribution is 2.33. The summed E-state index contributed by atoms with van der Waals surface area (Å²) in [6, 6.07) is 5.64. The largest absolute Gasteiger partial charge is 0.508 e. The Labute approximate surface area is 107 Å². The van der Waals surface area contributed by atoms with Crippen molar-refractivity contribution in [2.24, 2.45) is 7.05 Å². The van der Waals surface area contributed by atoms with Gasteiger partial charge in [0.15, 0.2) is 0 Å². The highest BCUT2D eigenvalue weighted by Gasteiger charge is 2.13. The molecule has 4 heteroatoms. The molecule has 2 rings (SSSR count). The molecule has 0 radical (unpaired) electrons. The van der Waals surface area contributed by atoms with Crippen molar-refractivity contribution in [3.05, 3.63) is 29.3 Å². The Morgan fingerprint density at radius 3 is 2.44 bits per heavy atom. The number of nitrogens with two attached hydrogens (primary N) is 1. The predicted molar refractivity (Wildman–Crippen MR) is 73.5 cm³/mol. The average molecular weight is 245 g/mol. The summed E-state index contributed by atoms with van der Waals surface area (Å²) in [5, 5.41) is 14.3. The van der Waals surface area contributed by atoms with Crippen LogP contribution in [-0.4, -0.2) is 14.9 Å². The molecule has 1 aromatic heterocycles. The van der Waals surface area contributed by atoms with Gasteiger partial charge in [-0.2, -0.15) is 5.10 Å². The molecule has 0 aliphatic rings. The minimum Gasteiger partial charge on any atom is -0.508 e. The van der Waals surface area contributed by atoms with E-state index >= 15 is 0 Å². The molecule has 0 amide bonds. The van der Waals surface area contributed by atoms with Crippen LogP contribution < -0.4 is 5.73 Å². The van der Waals surface area contributed by atoms with E-state index in [0.717, 1.165) is 22.4 Å². The first-order valence-corrected chi connectivity index (χ1v) is 6.03. The monoisotopic (exact) mass is 245 g/mol. The SMILES string of the molecule is Cc1cc(O)c(C(C)C)cc1-c1cc(N)n(C)n1. The van der Waals surface area contributed by atoms with Crippen LogP contribution in [0.15, 0.2) is 18.2 Å². The van der Waals surface area contributed by atoms with E-state index in [4.69, 9.17) is 5.73 Å². The zero-order valence-electron chi connectivity index (χ0n) is 11.2. The zero-order chi connectivity index (χ0) is 13.4. The van der Waals surface area contributed by atoms with Gasteiger partial charge in [0, 0.05) is 18.7 Å². The fraction of sp³-hybridized carbons (Fsp3) is 0.357. The van der Waals surface area contributed by atoms with Gasteiger partial charge in [-0.3, -0.25) is 4.68 Å². The first-order chi connectivity index (χ1) is 8.40. The quantitative estimate of drug-likeness (QED) is 0.855. The number of aryl methyl sites for hydroxylation is 2. The maximum Gasteiger partial charge on any atom is 0.121 e. The minimum absolute atomic E-state index is 0.269. The summed E-state index contributed by atoms with van der Waals surface area (Å²) in [5.74, 6) is 1.24. The Hall–Kier alpha value is -1.97. The molecule has 4 nitrogen and oxygen atoms in total. The predicted octanol–water partition coefficient (Wildman–Crippen LogP) is 2.81. The van der Waals surface area contributed by atoms with E-state index in [1.807, 2.05) is 26.1 Å². The van der Waals surface area contributed by atoms with Crippen LogP contribution in [0.4, 0.5) is 5.82 Å². The highest BCUT2D eigenvalue weighted by molar-refractivity contribution is 5.68. The third kappa shape index (κ3) is 2.06. The van der Waals surface area contributed by atoms with Gasteiger partial charge < -0.3 is 10.8 Å². The lowest BCUT2D eigenvalue weighted by Gasteiger charge is -2.12. The van der Waals surface area contributed by atoms with E-state index in [1.165, 1.54) is 0 Å². The van der Waals surface area contributed by atoms with Gasteiger partial charge in [-0.25, -0.2) is 0 Å². The topological polar surface area (TPSA) is 64.1 Å². The number of benzene rings is 1. The number of rotatable bonds is 2.